The molecule has 8 aliphatic rings. The van der Waals surface area contributed by atoms with Crippen LogP contribution in [-0.4, -0.2) is 289 Å². The van der Waals surface area contributed by atoms with Crippen LogP contribution in [0.1, 0.15) is 72.0 Å². The zero-order valence-corrected chi connectivity index (χ0v) is 82.8. The number of ether oxygens (including phenoxy) is 8. The first-order chi connectivity index (χ1) is 68.3. The van der Waals surface area contributed by atoms with Gasteiger partial charge in [-0.05, 0) is 94.2 Å². The Balaban J connectivity index is 0.000000159. The highest BCUT2D eigenvalue weighted by molar-refractivity contribution is 9.10. The van der Waals surface area contributed by atoms with Gasteiger partial charge in [-0.15, -0.1) is 45.3 Å². The molecule has 0 amide bonds. The molecule has 4 aromatic heterocycles. The van der Waals surface area contributed by atoms with Crippen molar-refractivity contribution in [3.8, 4) is 0 Å². The smallest absolute Gasteiger partial charge is 0.338 e. The molecule has 8 atom stereocenters. The molecule has 748 valence electrons. The van der Waals surface area contributed by atoms with E-state index in [-0.39, 0.29) is 63.1 Å². The monoisotopic (exact) mass is 2160 g/mol. The number of morpholine rings is 4. The lowest BCUT2D eigenvalue weighted by Crippen LogP contribution is -2.46. The number of nitrogens with zero attached hydrogens (tertiary/aromatic N) is 12. The minimum absolute atomic E-state index is 0.0372. The van der Waals surface area contributed by atoms with Gasteiger partial charge in [-0.2, -0.15) is 0 Å². The van der Waals surface area contributed by atoms with E-state index in [0.29, 0.717) is 184 Å². The Kier molecular flexibility index (Phi) is 38.1. The summed E-state index contributed by atoms with van der Waals surface area (Å²) in [6, 6.07) is 10.5. The van der Waals surface area contributed by atoms with Crippen LogP contribution in [0.4, 0.5) is 22.0 Å². The first-order valence-electron chi connectivity index (χ1n) is 43.0. The van der Waals surface area contributed by atoms with Crippen LogP contribution in [0.2, 0.25) is 15.1 Å². The number of nitrogens with one attached hydrogen (secondary N) is 4. The Morgan fingerprint density at radius 3 is 1.04 bits per heavy atom. The molecule has 4 fully saturated rings. The van der Waals surface area contributed by atoms with Crippen molar-refractivity contribution in [2.45, 2.75) is 55.5 Å². The van der Waals surface area contributed by atoms with Crippen molar-refractivity contribution in [1.82, 2.24) is 60.8 Å². The molecule has 0 saturated carbocycles. The molecule has 0 bridgehead atoms. The van der Waals surface area contributed by atoms with E-state index in [1.807, 2.05) is 20.1 Å². The number of benzene rings is 4. The molecule has 0 spiro atoms. The summed E-state index contributed by atoms with van der Waals surface area (Å²) in [5, 5.41) is 58.8. The van der Waals surface area contributed by atoms with Gasteiger partial charge in [0.15, 0.2) is 66.6 Å². The fourth-order valence-corrected chi connectivity index (χ4v) is 19.4. The maximum absolute atomic E-state index is 14.5. The van der Waals surface area contributed by atoms with Gasteiger partial charge >= 0.3 is 47.8 Å². The Hall–Kier alpha value is -12.4. The van der Waals surface area contributed by atoms with Gasteiger partial charge in [-0.1, -0.05) is 65.1 Å². The number of hydrogen-bond donors (Lipinski definition) is 8. The highest BCUT2D eigenvalue weighted by atomic mass is 79.9. The Labute approximate surface area is 846 Å². The summed E-state index contributed by atoms with van der Waals surface area (Å²) >= 11 is 27.5. The number of aliphatic imine (C=N–C) groups is 4. The van der Waals surface area contributed by atoms with E-state index in [1.165, 1.54) is 129 Å². The van der Waals surface area contributed by atoms with E-state index in [2.05, 4.69) is 77.0 Å². The van der Waals surface area contributed by atoms with Gasteiger partial charge in [0.25, 0.3) is 0 Å². The second kappa shape index (κ2) is 50.5. The Morgan fingerprint density at radius 2 is 0.725 bits per heavy atom. The van der Waals surface area contributed by atoms with Gasteiger partial charge in [0.05, 0.1) is 111 Å². The molecule has 8 N–H and O–H groups in total. The number of carboxylic acids is 4. The topological polar surface area (TPSA) is 453 Å². The summed E-state index contributed by atoms with van der Waals surface area (Å²) in [4.78, 5) is 140. The minimum atomic E-state index is -1.09. The van der Waals surface area contributed by atoms with Crippen LogP contribution in [0.15, 0.2) is 225 Å². The van der Waals surface area contributed by atoms with Crippen molar-refractivity contribution in [2.24, 2.45) is 20.0 Å². The van der Waals surface area contributed by atoms with Crippen LogP contribution in [-0.2, 0) is 76.3 Å². The average molecular weight is 2160 g/mol. The van der Waals surface area contributed by atoms with Crippen molar-refractivity contribution < 1.29 is 119 Å². The van der Waals surface area contributed by atoms with Crippen LogP contribution in [0.25, 0.3) is 0 Å². The molecule has 142 heavy (non-hydrogen) atoms. The fraction of sp³-hybridized carbons (Fsp3) is 0.312. The molecule has 4 aromatic carbocycles. The second-order valence-electron chi connectivity index (χ2n) is 31.4. The normalized spacial score (nSPS) is 20.9. The molecular formula is C93H89BrCl3F5N16O20S4. The zero-order valence-electron chi connectivity index (χ0n) is 75.7. The first kappa shape index (κ1) is 107. The number of methoxy groups -OCH3 is 4. The molecule has 49 heteroatoms. The molecular weight excluding hydrogens is 2070 g/mol. The number of hydrogen-bond acceptors (Lipinski definition) is 36. The predicted molar refractivity (Wildman–Crippen MR) is 519 cm³/mol. The predicted octanol–water partition coefficient (Wildman–Crippen LogP) is 11.7. The molecule has 8 aliphatic heterocycles. The average Bonchev–Trinajstić information content (AvgIpc) is 0.821. The number of carbonyl (C=O) groups is 8. The van der Waals surface area contributed by atoms with Gasteiger partial charge < -0.3 is 79.6 Å². The number of halogens is 9. The van der Waals surface area contributed by atoms with Crippen LogP contribution in [0.3, 0.4) is 0 Å². The molecule has 0 radical (unpaired) electrons. The van der Waals surface area contributed by atoms with E-state index in [9.17, 15) is 60.3 Å². The summed E-state index contributed by atoms with van der Waals surface area (Å²) in [6.07, 6.45) is 14.9. The van der Waals surface area contributed by atoms with E-state index in [4.69, 9.17) is 98.1 Å². The number of amidine groups is 4. The highest BCUT2D eigenvalue weighted by Gasteiger charge is 2.42. The summed E-state index contributed by atoms with van der Waals surface area (Å²) in [6.45, 7) is 7.79. The maximum atomic E-state index is 14.5. The van der Waals surface area contributed by atoms with Gasteiger partial charge in [0.1, 0.15) is 30.0 Å². The van der Waals surface area contributed by atoms with Crippen molar-refractivity contribution in [3.63, 3.8) is 0 Å². The third kappa shape index (κ3) is 27.5. The molecule has 36 nitrogen and oxygen atoms in total. The number of carboxylic acid groups (broad SMARTS) is 4. The molecule has 16 rings (SSSR count). The summed E-state index contributed by atoms with van der Waals surface area (Å²) in [5.74, 6) is -9.85. The number of aliphatic carboxylic acids is 4. The minimum Gasteiger partial charge on any atom is -0.478 e. The third-order valence-corrected chi connectivity index (χ3v) is 27.2. The van der Waals surface area contributed by atoms with E-state index in [0.717, 1.165) is 36.4 Å². The van der Waals surface area contributed by atoms with Gasteiger partial charge in [0, 0.05) is 193 Å². The SMILES string of the molecule is COC(=O)C1=C(CN2CCOC(/C=C/C(=O)O)C2)NC(c2nccs2)=NC1c1ccc(Cl)cc1Cl.COC(=O)C1=C(CN2CCOC(/C=C/C(=O)O)C2)NC(c2nccs2)=NC1c1ccc(F)c(F)c1Br.COC(=O)C1=C(CN2CCOC(/C=C/C(=O)O)C2)NC(c2nccs2)=NC1c1ccc(F)c(F)c1C.COC(=O)C1=C(CN2CCOC(/C=C/C(=O)O)C2)NC(c2nccs2)=NC1c1cccc(F)c1Cl. The van der Waals surface area contributed by atoms with Crippen molar-refractivity contribution >= 4 is 167 Å². The lowest BCUT2D eigenvalue weighted by molar-refractivity contribution is -0.137. The van der Waals surface area contributed by atoms with Crippen LogP contribution in [0, 0.1) is 36.0 Å². The van der Waals surface area contributed by atoms with Crippen LogP contribution >= 0.6 is 96.1 Å². The first-order valence-corrected chi connectivity index (χ1v) is 48.4. The quantitative estimate of drug-likeness (QED) is 0.00742. The van der Waals surface area contributed by atoms with E-state index in [1.54, 1.807) is 65.2 Å². The molecule has 12 heterocycles. The second-order valence-corrected chi connectivity index (χ2v) is 37.0. The maximum Gasteiger partial charge on any atom is 0.338 e. The summed E-state index contributed by atoms with van der Waals surface area (Å²) in [5.41, 5.74) is 4.37. The van der Waals surface area contributed by atoms with Crippen molar-refractivity contribution in [1.29, 1.82) is 0 Å². The summed E-state index contributed by atoms with van der Waals surface area (Å²) in [7, 11) is 5.04. The van der Waals surface area contributed by atoms with E-state index < -0.39 is 119 Å². The van der Waals surface area contributed by atoms with Crippen molar-refractivity contribution in [2.75, 3.05) is 133 Å². The fourth-order valence-electron chi connectivity index (χ4n) is 15.8. The van der Waals surface area contributed by atoms with E-state index >= 15 is 0 Å². The highest BCUT2D eigenvalue weighted by Crippen LogP contribution is 2.43. The van der Waals surface area contributed by atoms with Crippen LogP contribution in [0.5, 0.6) is 0 Å². The molecule has 8 aromatic rings. The lowest BCUT2D eigenvalue weighted by Gasteiger charge is -2.34. The van der Waals surface area contributed by atoms with Crippen molar-refractivity contribution in [3.05, 3.63) is 297 Å². The standard InChI is InChI=1S/C24H24F2N4O5S.C23H21BrF2N4O5S.C23H22Cl2N4O5S.C23H22ClFN4O5S/c1-13-15(4-5-16(25)20(13)26)21-19(24(33)34-2)17(28-22(29-21)23-27-7-10-36-23)12-30-8-9-35-14(11-30)3-6-18(31)32;1-34-23(33)17-15(11-30-7-8-35-12(10-30)2-5-16(31)32)28-21(22-27-6-9-36-22)29-20(17)13-3-4-14(25)19(26)18(13)24;1-33-23(32)19-17(12-29-7-8-34-14(11-29)3-5-18(30)31)27-21(22-26-6-9-35-22)28-20(19)15-4-2-13(24)10-16(15)25;1-33-23(32)18-16(12-29-8-9-34-13(11-29)5-6-17(30)31)27-21(22-26-7-10-35-22)28-20(18)14-3-2-4-15(25)19(14)24/h3-7,10,14,21H,8-9,11-12H2,1-2H3,(H,28,29)(H,31,32);2-6,9,12,20H,7-8,10-11H2,1H3,(H,28,29)(H,31,32);2-6,9-10,14,20H,7-8,11-12H2,1H3,(H,27,28)(H,30,31);2-7,10,13,20H,8-9,11-12H2,1H3,(H,27,28)(H,30,31)/b6-3+;5-2+;5-3+;6-5+. The number of thiazole rings is 4. The number of carbonyl (C=O) groups excluding carboxylic acids is 4. The zero-order chi connectivity index (χ0) is 102. The van der Waals surface area contributed by atoms with Gasteiger partial charge in [-0.3, -0.25) is 39.6 Å². The molecule has 0 aliphatic carbocycles. The lowest BCUT2D eigenvalue weighted by atomic mass is 9.92. The van der Waals surface area contributed by atoms with Crippen LogP contribution < -0.4 is 21.3 Å². The number of esters is 4. The third-order valence-electron chi connectivity index (χ3n) is 22.3. The number of aromatic nitrogens is 4. The molecule has 8 unspecified atom stereocenters. The van der Waals surface area contributed by atoms with Gasteiger partial charge in [0.2, 0.25) is 0 Å². The Morgan fingerprint density at radius 1 is 0.423 bits per heavy atom. The Bertz CT molecular complexity index is 6220. The van der Waals surface area contributed by atoms with Gasteiger partial charge in [-0.25, -0.2) is 80.2 Å². The summed E-state index contributed by atoms with van der Waals surface area (Å²) < 4.78 is 114. The molecule has 4 saturated heterocycles. The number of rotatable bonds is 28. The largest absolute Gasteiger partial charge is 0.478 e.